The zero-order valence-electron chi connectivity index (χ0n) is 10.9. The Morgan fingerprint density at radius 3 is 2.50 bits per heavy atom. The fourth-order valence-corrected chi connectivity index (χ4v) is 2.65. The Kier molecular flexibility index (Phi) is 3.93. The standard InChI is InChI=1S/C11H23N3O2/c1-9-6-7-13(4)11(12(2)3,14(9)5)8-10(15)16/h9H,6-8H2,1-5H3,(H,15,16). The molecule has 0 aromatic rings. The van der Waals surface area contributed by atoms with E-state index in [-0.39, 0.29) is 6.42 Å². The number of carboxylic acid groups (broad SMARTS) is 1. The Morgan fingerprint density at radius 2 is 2.06 bits per heavy atom. The molecule has 0 spiro atoms. The Labute approximate surface area is 97.6 Å². The normalized spacial score (nSPS) is 33.2. The minimum absolute atomic E-state index is 0.108. The highest BCUT2D eigenvalue weighted by Crippen LogP contribution is 2.31. The number of carboxylic acids is 1. The third kappa shape index (κ3) is 2.07. The van der Waals surface area contributed by atoms with E-state index in [1.165, 1.54) is 0 Å². The zero-order chi connectivity index (χ0) is 12.5. The van der Waals surface area contributed by atoms with Crippen molar-refractivity contribution in [1.82, 2.24) is 14.7 Å². The van der Waals surface area contributed by atoms with Crippen LogP contribution in [-0.4, -0.2) is 72.3 Å². The molecule has 2 atom stereocenters. The second-order valence-corrected chi connectivity index (χ2v) is 4.91. The van der Waals surface area contributed by atoms with Gasteiger partial charge in [0.25, 0.3) is 0 Å². The second-order valence-electron chi connectivity index (χ2n) is 4.91. The molecule has 1 aliphatic rings. The molecular formula is C11H23N3O2. The van der Waals surface area contributed by atoms with E-state index in [1.807, 2.05) is 33.1 Å². The van der Waals surface area contributed by atoms with Crippen LogP contribution in [0.2, 0.25) is 0 Å². The van der Waals surface area contributed by atoms with Gasteiger partial charge in [-0.3, -0.25) is 19.5 Å². The van der Waals surface area contributed by atoms with Crippen LogP contribution in [0, 0.1) is 0 Å². The minimum atomic E-state index is -0.762. The van der Waals surface area contributed by atoms with E-state index < -0.39 is 11.8 Å². The molecule has 0 aromatic carbocycles. The molecule has 1 fully saturated rings. The third-order valence-corrected chi connectivity index (χ3v) is 3.82. The lowest BCUT2D eigenvalue weighted by Crippen LogP contribution is -2.71. The van der Waals surface area contributed by atoms with Crippen LogP contribution in [-0.2, 0) is 4.79 Å². The van der Waals surface area contributed by atoms with Crippen molar-refractivity contribution in [2.75, 3.05) is 34.7 Å². The number of rotatable bonds is 3. The quantitative estimate of drug-likeness (QED) is 0.756. The first-order chi connectivity index (χ1) is 7.32. The van der Waals surface area contributed by atoms with E-state index in [0.29, 0.717) is 6.04 Å². The van der Waals surface area contributed by atoms with Gasteiger partial charge in [-0.25, -0.2) is 0 Å². The van der Waals surface area contributed by atoms with Crippen molar-refractivity contribution < 1.29 is 9.90 Å². The van der Waals surface area contributed by atoms with Gasteiger partial charge < -0.3 is 5.11 Å². The van der Waals surface area contributed by atoms with Gasteiger partial charge >= 0.3 is 5.97 Å². The van der Waals surface area contributed by atoms with Crippen molar-refractivity contribution in [3.8, 4) is 0 Å². The molecule has 5 nitrogen and oxygen atoms in total. The molecule has 0 radical (unpaired) electrons. The number of hydrogen-bond donors (Lipinski definition) is 1. The van der Waals surface area contributed by atoms with Gasteiger partial charge in [0, 0.05) is 12.6 Å². The zero-order valence-corrected chi connectivity index (χ0v) is 10.9. The maximum Gasteiger partial charge on any atom is 0.308 e. The van der Waals surface area contributed by atoms with E-state index in [1.54, 1.807) is 0 Å². The van der Waals surface area contributed by atoms with Crippen LogP contribution in [0.15, 0.2) is 0 Å². The average Bonchev–Trinajstić information content (AvgIpc) is 2.18. The highest BCUT2D eigenvalue weighted by Gasteiger charge is 2.47. The molecule has 0 bridgehead atoms. The van der Waals surface area contributed by atoms with Crippen LogP contribution in [0.5, 0.6) is 0 Å². The van der Waals surface area contributed by atoms with Gasteiger partial charge in [0.05, 0.1) is 6.42 Å². The summed E-state index contributed by atoms with van der Waals surface area (Å²) >= 11 is 0. The first kappa shape index (κ1) is 13.4. The largest absolute Gasteiger partial charge is 0.481 e. The fourth-order valence-electron chi connectivity index (χ4n) is 2.65. The van der Waals surface area contributed by atoms with E-state index in [9.17, 15) is 4.79 Å². The summed E-state index contributed by atoms with van der Waals surface area (Å²) in [7, 11) is 7.87. The smallest absolute Gasteiger partial charge is 0.308 e. The average molecular weight is 229 g/mol. The van der Waals surface area contributed by atoms with Crippen LogP contribution in [0.25, 0.3) is 0 Å². The molecule has 0 amide bonds. The Bertz CT molecular complexity index is 270. The number of nitrogens with zero attached hydrogens (tertiary/aromatic N) is 3. The van der Waals surface area contributed by atoms with E-state index in [0.717, 1.165) is 13.0 Å². The molecule has 1 heterocycles. The van der Waals surface area contributed by atoms with Crippen LogP contribution in [0.4, 0.5) is 0 Å². The lowest BCUT2D eigenvalue weighted by molar-refractivity contribution is -0.187. The van der Waals surface area contributed by atoms with Crippen LogP contribution in [0.1, 0.15) is 19.8 Å². The summed E-state index contributed by atoms with van der Waals surface area (Å²) in [5, 5.41) is 9.12. The maximum absolute atomic E-state index is 11.1. The molecule has 0 saturated carbocycles. The Morgan fingerprint density at radius 1 is 1.50 bits per heavy atom. The topological polar surface area (TPSA) is 47.0 Å². The van der Waals surface area contributed by atoms with Gasteiger partial charge in [-0.1, -0.05) is 0 Å². The lowest BCUT2D eigenvalue weighted by Gasteiger charge is -2.56. The summed E-state index contributed by atoms with van der Waals surface area (Å²) in [5.74, 6) is -1.27. The van der Waals surface area contributed by atoms with Crippen molar-refractivity contribution >= 4 is 5.97 Å². The van der Waals surface area contributed by atoms with Gasteiger partial charge in [0.15, 0.2) is 0 Å². The van der Waals surface area contributed by atoms with E-state index >= 15 is 0 Å². The molecule has 1 rings (SSSR count). The fraction of sp³-hybridized carbons (Fsp3) is 0.909. The maximum atomic E-state index is 11.1. The number of carbonyl (C=O) groups is 1. The summed E-state index contributed by atoms with van der Waals surface area (Å²) in [6.07, 6.45) is 1.18. The predicted octanol–water partition coefficient (Wildman–Crippen LogP) is 0.332. The predicted molar refractivity (Wildman–Crippen MR) is 63.1 cm³/mol. The summed E-state index contributed by atoms with van der Waals surface area (Å²) < 4.78 is 0. The van der Waals surface area contributed by atoms with Gasteiger partial charge in [-0.2, -0.15) is 0 Å². The molecule has 0 aromatic heterocycles. The number of hydrogen-bond acceptors (Lipinski definition) is 4. The summed E-state index contributed by atoms with van der Waals surface area (Å²) in [5.41, 5.74) is 0. The molecule has 1 saturated heterocycles. The van der Waals surface area contributed by atoms with E-state index in [2.05, 4.69) is 16.7 Å². The van der Waals surface area contributed by atoms with Gasteiger partial charge in [-0.05, 0) is 41.5 Å². The molecule has 0 aliphatic carbocycles. The SMILES string of the molecule is CC1CCN(C)C(CC(=O)O)(N(C)C)N1C. The van der Waals surface area contributed by atoms with Crippen molar-refractivity contribution in [2.24, 2.45) is 0 Å². The molecule has 5 heteroatoms. The van der Waals surface area contributed by atoms with Gasteiger partial charge in [0.2, 0.25) is 0 Å². The molecule has 1 aliphatic heterocycles. The van der Waals surface area contributed by atoms with Gasteiger partial charge in [0.1, 0.15) is 5.79 Å². The van der Waals surface area contributed by atoms with Crippen LogP contribution >= 0.6 is 0 Å². The first-order valence-corrected chi connectivity index (χ1v) is 5.65. The monoisotopic (exact) mass is 229 g/mol. The lowest BCUT2D eigenvalue weighted by atomic mass is 10.0. The third-order valence-electron chi connectivity index (χ3n) is 3.82. The molecule has 16 heavy (non-hydrogen) atoms. The summed E-state index contributed by atoms with van der Waals surface area (Å²) in [6.45, 7) is 3.07. The van der Waals surface area contributed by atoms with Crippen molar-refractivity contribution in [1.29, 1.82) is 0 Å². The Hall–Kier alpha value is -0.650. The number of aliphatic carboxylic acids is 1. The highest BCUT2D eigenvalue weighted by atomic mass is 16.4. The minimum Gasteiger partial charge on any atom is -0.481 e. The molecule has 1 N–H and O–H groups in total. The first-order valence-electron chi connectivity index (χ1n) is 5.65. The molecule has 2 unspecified atom stereocenters. The second kappa shape index (κ2) is 4.69. The van der Waals surface area contributed by atoms with Crippen LogP contribution in [0.3, 0.4) is 0 Å². The molecular weight excluding hydrogens is 206 g/mol. The van der Waals surface area contributed by atoms with Gasteiger partial charge in [-0.15, -0.1) is 0 Å². The Balaban J connectivity index is 3.07. The molecule has 94 valence electrons. The van der Waals surface area contributed by atoms with Crippen molar-refractivity contribution in [3.63, 3.8) is 0 Å². The summed E-state index contributed by atoms with van der Waals surface area (Å²) in [4.78, 5) is 17.4. The summed E-state index contributed by atoms with van der Waals surface area (Å²) in [6, 6.07) is 0.401. The van der Waals surface area contributed by atoms with E-state index in [4.69, 9.17) is 5.11 Å². The highest BCUT2D eigenvalue weighted by molar-refractivity contribution is 5.68. The van der Waals surface area contributed by atoms with Crippen molar-refractivity contribution in [3.05, 3.63) is 0 Å². The van der Waals surface area contributed by atoms with Crippen LogP contribution < -0.4 is 0 Å². The van der Waals surface area contributed by atoms with Crippen molar-refractivity contribution in [2.45, 2.75) is 31.6 Å².